The number of rotatable bonds is 8. The molecule has 0 aliphatic heterocycles. The lowest BCUT2D eigenvalue weighted by Gasteiger charge is -2.11. The molecule has 0 aliphatic carbocycles. The van der Waals surface area contributed by atoms with Gasteiger partial charge in [-0.05, 0) is 54.3 Å². The maximum atomic E-state index is 12.5. The first-order valence-corrected chi connectivity index (χ1v) is 10.2. The maximum Gasteiger partial charge on any atom is 0.224 e. The van der Waals surface area contributed by atoms with Crippen LogP contribution in [0.5, 0.6) is 5.75 Å². The van der Waals surface area contributed by atoms with Crippen molar-refractivity contribution in [1.82, 2.24) is 9.97 Å². The molecule has 0 aliphatic rings. The van der Waals surface area contributed by atoms with Crippen LogP contribution in [-0.2, 0) is 24.1 Å². The van der Waals surface area contributed by atoms with Gasteiger partial charge in [0.25, 0.3) is 0 Å². The fourth-order valence-corrected chi connectivity index (χ4v) is 3.50. The molecule has 1 amide bonds. The van der Waals surface area contributed by atoms with Gasteiger partial charge in [-0.1, -0.05) is 42.5 Å². The lowest BCUT2D eigenvalue weighted by molar-refractivity contribution is -0.116. The number of nitrogens with zero attached hydrogens (tertiary/aromatic N) is 1. The molecule has 0 saturated heterocycles. The molecule has 30 heavy (non-hydrogen) atoms. The number of methoxy groups -OCH3 is 1. The Morgan fingerprint density at radius 1 is 0.933 bits per heavy atom. The highest BCUT2D eigenvalue weighted by molar-refractivity contribution is 5.91. The number of anilines is 1. The van der Waals surface area contributed by atoms with Crippen LogP contribution in [0.1, 0.15) is 23.4 Å². The topological polar surface area (TPSA) is 67.0 Å². The van der Waals surface area contributed by atoms with Crippen LogP contribution in [0.25, 0.3) is 11.0 Å². The first-order chi connectivity index (χ1) is 14.7. The van der Waals surface area contributed by atoms with Crippen LogP contribution in [0.4, 0.5) is 5.69 Å². The number of carbonyl (C=O) groups excluding carboxylic acids is 1. The maximum absolute atomic E-state index is 12.5. The Balaban J connectivity index is 1.35. The number of aryl methyl sites for hydroxylation is 3. The minimum Gasteiger partial charge on any atom is -0.497 e. The molecule has 0 spiro atoms. The molecule has 5 heteroatoms. The number of nitrogens with one attached hydrogen (secondary N) is 2. The molecule has 5 nitrogen and oxygen atoms in total. The van der Waals surface area contributed by atoms with E-state index in [1.807, 2.05) is 66.7 Å². The predicted molar refractivity (Wildman–Crippen MR) is 120 cm³/mol. The average molecular weight is 399 g/mol. The van der Waals surface area contributed by atoms with Gasteiger partial charge in [0, 0.05) is 18.5 Å². The van der Waals surface area contributed by atoms with Crippen LogP contribution >= 0.6 is 0 Å². The molecular weight excluding hydrogens is 374 g/mol. The van der Waals surface area contributed by atoms with Gasteiger partial charge < -0.3 is 15.0 Å². The average Bonchev–Trinajstić information content (AvgIpc) is 3.20. The van der Waals surface area contributed by atoms with Crippen LogP contribution in [0.3, 0.4) is 0 Å². The van der Waals surface area contributed by atoms with Gasteiger partial charge in [-0.25, -0.2) is 4.98 Å². The number of fused-ring (bicyclic) bond motifs is 1. The normalized spacial score (nSPS) is 10.8. The quantitative estimate of drug-likeness (QED) is 0.442. The van der Waals surface area contributed by atoms with E-state index in [-0.39, 0.29) is 5.91 Å². The van der Waals surface area contributed by atoms with Gasteiger partial charge in [0.15, 0.2) is 0 Å². The minimum atomic E-state index is 0.0157. The number of para-hydroxylation sites is 3. The molecule has 1 heterocycles. The van der Waals surface area contributed by atoms with Crippen molar-refractivity contribution in [2.24, 2.45) is 0 Å². The summed E-state index contributed by atoms with van der Waals surface area (Å²) in [6.45, 7) is 0. The van der Waals surface area contributed by atoms with E-state index in [9.17, 15) is 4.79 Å². The molecule has 0 fully saturated rings. The molecule has 0 unspecified atom stereocenters. The Labute approximate surface area is 176 Å². The van der Waals surface area contributed by atoms with E-state index >= 15 is 0 Å². The molecule has 3 aromatic carbocycles. The number of benzene rings is 3. The first-order valence-electron chi connectivity index (χ1n) is 10.2. The number of aromatic amines is 1. The second kappa shape index (κ2) is 9.27. The zero-order chi connectivity index (χ0) is 20.8. The fraction of sp³-hybridized carbons (Fsp3) is 0.200. The molecule has 0 atom stereocenters. The summed E-state index contributed by atoms with van der Waals surface area (Å²) >= 11 is 0. The van der Waals surface area contributed by atoms with E-state index in [1.54, 1.807) is 7.11 Å². The van der Waals surface area contributed by atoms with Crippen molar-refractivity contribution in [3.63, 3.8) is 0 Å². The van der Waals surface area contributed by atoms with Crippen molar-refractivity contribution in [3.8, 4) is 5.75 Å². The van der Waals surface area contributed by atoms with Crippen LogP contribution < -0.4 is 10.1 Å². The highest BCUT2D eigenvalue weighted by Crippen LogP contribution is 2.19. The van der Waals surface area contributed by atoms with Crippen LogP contribution in [-0.4, -0.2) is 23.0 Å². The van der Waals surface area contributed by atoms with E-state index in [0.29, 0.717) is 12.8 Å². The van der Waals surface area contributed by atoms with Gasteiger partial charge in [0.05, 0.1) is 18.1 Å². The molecule has 0 radical (unpaired) electrons. The van der Waals surface area contributed by atoms with E-state index in [0.717, 1.165) is 52.3 Å². The molecule has 0 bridgehead atoms. The third-order valence-electron chi connectivity index (χ3n) is 5.16. The van der Waals surface area contributed by atoms with Crippen LogP contribution in [0, 0.1) is 0 Å². The second-order valence-corrected chi connectivity index (χ2v) is 7.25. The number of hydrogen-bond donors (Lipinski definition) is 2. The highest BCUT2D eigenvalue weighted by Gasteiger charge is 2.09. The summed E-state index contributed by atoms with van der Waals surface area (Å²) < 4.78 is 5.17. The largest absolute Gasteiger partial charge is 0.497 e. The summed E-state index contributed by atoms with van der Waals surface area (Å²) in [5.41, 5.74) is 5.12. The lowest BCUT2D eigenvalue weighted by atomic mass is 10.1. The summed E-state index contributed by atoms with van der Waals surface area (Å²) in [4.78, 5) is 20.5. The molecule has 0 saturated carbocycles. The van der Waals surface area contributed by atoms with Crippen molar-refractivity contribution in [1.29, 1.82) is 0 Å². The monoisotopic (exact) mass is 399 g/mol. The minimum absolute atomic E-state index is 0.0157. The standard InChI is InChI=1S/C25H25N3O2/c1-30-20-14-10-18(11-15-20)12-17-25(29)28-21-7-3-2-6-19(21)13-16-24-26-22-8-4-5-9-23(22)27-24/h2-11,14-15H,12-13,16-17H2,1H3,(H,26,27)(H,28,29). The lowest BCUT2D eigenvalue weighted by Crippen LogP contribution is -2.14. The third kappa shape index (κ3) is 4.87. The number of carbonyl (C=O) groups is 1. The van der Waals surface area contributed by atoms with E-state index in [2.05, 4.69) is 21.4 Å². The molecule has 4 rings (SSSR count). The number of hydrogen-bond acceptors (Lipinski definition) is 3. The van der Waals surface area contributed by atoms with E-state index < -0.39 is 0 Å². The van der Waals surface area contributed by atoms with Crippen molar-refractivity contribution in [2.75, 3.05) is 12.4 Å². The zero-order valence-electron chi connectivity index (χ0n) is 17.0. The molecule has 4 aromatic rings. The zero-order valence-corrected chi connectivity index (χ0v) is 17.0. The number of amides is 1. The van der Waals surface area contributed by atoms with Crippen molar-refractivity contribution in [3.05, 3.63) is 89.7 Å². The number of imidazole rings is 1. The number of H-pyrrole nitrogens is 1. The Morgan fingerprint density at radius 3 is 2.50 bits per heavy atom. The van der Waals surface area contributed by atoms with Crippen LogP contribution in [0.15, 0.2) is 72.8 Å². The summed E-state index contributed by atoms with van der Waals surface area (Å²) in [5, 5.41) is 3.07. The SMILES string of the molecule is COc1ccc(CCC(=O)Nc2ccccc2CCc2nc3ccccc3[nH]2)cc1. The predicted octanol–water partition coefficient (Wildman–Crippen LogP) is 4.93. The summed E-state index contributed by atoms with van der Waals surface area (Å²) in [5.74, 6) is 1.79. The molecule has 152 valence electrons. The van der Waals surface area contributed by atoms with Gasteiger partial charge in [0.1, 0.15) is 11.6 Å². The third-order valence-corrected chi connectivity index (χ3v) is 5.16. The Kier molecular flexibility index (Phi) is 6.09. The van der Waals surface area contributed by atoms with E-state index in [1.165, 1.54) is 0 Å². The Hall–Kier alpha value is -3.60. The van der Waals surface area contributed by atoms with Gasteiger partial charge in [-0.3, -0.25) is 4.79 Å². The summed E-state index contributed by atoms with van der Waals surface area (Å²) in [6.07, 6.45) is 2.71. The van der Waals surface area contributed by atoms with Crippen molar-refractivity contribution < 1.29 is 9.53 Å². The molecule has 2 N–H and O–H groups in total. The van der Waals surface area contributed by atoms with Gasteiger partial charge in [-0.15, -0.1) is 0 Å². The molecular formula is C25H25N3O2. The summed E-state index contributed by atoms with van der Waals surface area (Å²) in [7, 11) is 1.65. The highest BCUT2D eigenvalue weighted by atomic mass is 16.5. The van der Waals surface area contributed by atoms with Crippen LogP contribution in [0.2, 0.25) is 0 Å². The first kappa shape index (κ1) is 19.7. The smallest absolute Gasteiger partial charge is 0.224 e. The van der Waals surface area contributed by atoms with Crippen molar-refractivity contribution in [2.45, 2.75) is 25.7 Å². The second-order valence-electron chi connectivity index (χ2n) is 7.25. The molecule has 1 aromatic heterocycles. The van der Waals surface area contributed by atoms with E-state index in [4.69, 9.17) is 4.74 Å². The number of aromatic nitrogens is 2. The Morgan fingerprint density at radius 2 is 1.70 bits per heavy atom. The van der Waals surface area contributed by atoms with Gasteiger partial charge >= 0.3 is 0 Å². The van der Waals surface area contributed by atoms with Crippen molar-refractivity contribution >= 4 is 22.6 Å². The van der Waals surface area contributed by atoms with Gasteiger partial charge in [-0.2, -0.15) is 0 Å². The van der Waals surface area contributed by atoms with Gasteiger partial charge in [0.2, 0.25) is 5.91 Å². The number of ether oxygens (including phenoxy) is 1. The Bertz CT molecular complexity index is 1100. The fourth-order valence-electron chi connectivity index (χ4n) is 3.50. The summed E-state index contributed by atoms with van der Waals surface area (Å²) in [6, 6.07) is 23.8.